The second-order valence-electron chi connectivity index (χ2n) is 4.66. The third kappa shape index (κ3) is 3.34. The van der Waals surface area contributed by atoms with Gasteiger partial charge in [0.2, 0.25) is 0 Å². The quantitative estimate of drug-likeness (QED) is 0.676. The van der Waals surface area contributed by atoms with Crippen LogP contribution >= 0.6 is 0 Å². The van der Waals surface area contributed by atoms with Crippen molar-refractivity contribution in [2.45, 2.75) is 45.2 Å². The van der Waals surface area contributed by atoms with E-state index in [0.29, 0.717) is 0 Å². The van der Waals surface area contributed by atoms with Crippen LogP contribution in [0.3, 0.4) is 0 Å². The lowest BCUT2D eigenvalue weighted by atomic mass is 10.2. The number of ether oxygens (including phenoxy) is 2. The summed E-state index contributed by atoms with van der Waals surface area (Å²) in [6, 6.07) is 0. The van der Waals surface area contributed by atoms with Crippen LogP contribution in [0.1, 0.15) is 27.2 Å². The molecule has 0 saturated carbocycles. The number of carbonyl (C=O) groups is 1. The summed E-state index contributed by atoms with van der Waals surface area (Å²) in [7, 11) is 1.46. The molecule has 1 rings (SSSR count). The minimum atomic E-state index is -1.03. The van der Waals surface area contributed by atoms with Gasteiger partial charge in [0.25, 0.3) is 0 Å². The van der Waals surface area contributed by atoms with Gasteiger partial charge in [0.15, 0.2) is 0 Å². The Bertz CT molecular complexity index is 239. The average molecular weight is 219 g/mol. The van der Waals surface area contributed by atoms with Crippen LogP contribution in [-0.4, -0.2) is 42.6 Å². The van der Waals surface area contributed by atoms with E-state index in [1.807, 2.05) is 0 Å². The molecule has 0 radical (unpaired) electrons. The third-order valence-electron chi connectivity index (χ3n) is 2.10. The van der Waals surface area contributed by atoms with Crippen molar-refractivity contribution in [1.29, 1.82) is 0 Å². The van der Waals surface area contributed by atoms with E-state index < -0.39 is 24.1 Å². The molecule has 88 valence electrons. The van der Waals surface area contributed by atoms with Crippen LogP contribution in [0.5, 0.6) is 0 Å². The summed E-state index contributed by atoms with van der Waals surface area (Å²) in [5.74, 6) is 0. The van der Waals surface area contributed by atoms with Gasteiger partial charge in [0.1, 0.15) is 18.0 Å². The summed E-state index contributed by atoms with van der Waals surface area (Å²) in [5.41, 5.74) is -0.566. The molecule has 2 atom stereocenters. The number of alkyl halides is 1. The van der Waals surface area contributed by atoms with Gasteiger partial charge < -0.3 is 9.47 Å². The molecular formula is C10H18FNO3. The number of methoxy groups -OCH3 is 1. The van der Waals surface area contributed by atoms with Crippen LogP contribution in [0.2, 0.25) is 0 Å². The van der Waals surface area contributed by atoms with Crippen LogP contribution in [0.25, 0.3) is 0 Å². The highest BCUT2D eigenvalue weighted by Crippen LogP contribution is 2.23. The molecule has 0 aromatic carbocycles. The van der Waals surface area contributed by atoms with Crippen LogP contribution < -0.4 is 0 Å². The number of halogens is 1. The molecule has 0 spiro atoms. The maximum atomic E-state index is 13.1. The molecule has 1 amide bonds. The van der Waals surface area contributed by atoms with Crippen molar-refractivity contribution in [2.24, 2.45) is 0 Å². The van der Waals surface area contributed by atoms with E-state index in [1.165, 1.54) is 12.0 Å². The summed E-state index contributed by atoms with van der Waals surface area (Å²) in [5, 5.41) is 0. The average Bonchev–Trinajstić information content (AvgIpc) is 2.43. The molecule has 0 N–H and O–H groups in total. The van der Waals surface area contributed by atoms with Crippen LogP contribution in [0.15, 0.2) is 0 Å². The maximum Gasteiger partial charge on any atom is 0.412 e. The topological polar surface area (TPSA) is 38.8 Å². The van der Waals surface area contributed by atoms with E-state index in [9.17, 15) is 9.18 Å². The lowest BCUT2D eigenvalue weighted by molar-refractivity contribution is -0.0305. The van der Waals surface area contributed by atoms with Gasteiger partial charge in [-0.05, 0) is 20.8 Å². The molecule has 1 aliphatic rings. The van der Waals surface area contributed by atoms with Gasteiger partial charge in [-0.25, -0.2) is 9.18 Å². The SMILES string of the molecule is CO[C@@H]1C[C@@H](F)CN1C(=O)OC(C)(C)C. The first-order chi connectivity index (χ1) is 6.83. The Balaban J connectivity index is 2.59. The Morgan fingerprint density at radius 3 is 2.53 bits per heavy atom. The number of hydrogen-bond acceptors (Lipinski definition) is 3. The van der Waals surface area contributed by atoms with Crippen molar-refractivity contribution in [2.75, 3.05) is 13.7 Å². The zero-order valence-electron chi connectivity index (χ0n) is 9.62. The highest BCUT2D eigenvalue weighted by atomic mass is 19.1. The lowest BCUT2D eigenvalue weighted by Crippen LogP contribution is -2.40. The van der Waals surface area contributed by atoms with E-state index in [4.69, 9.17) is 9.47 Å². The smallest absolute Gasteiger partial charge is 0.412 e. The van der Waals surface area contributed by atoms with Crippen molar-refractivity contribution in [3.8, 4) is 0 Å². The number of hydrogen-bond donors (Lipinski definition) is 0. The molecule has 0 aromatic rings. The fraction of sp³-hybridized carbons (Fsp3) is 0.900. The third-order valence-corrected chi connectivity index (χ3v) is 2.10. The molecule has 0 aliphatic carbocycles. The van der Waals surface area contributed by atoms with Crippen molar-refractivity contribution in [3.05, 3.63) is 0 Å². The molecule has 0 unspecified atom stereocenters. The fourth-order valence-corrected chi connectivity index (χ4v) is 1.49. The molecule has 0 aromatic heterocycles. The van der Waals surface area contributed by atoms with Crippen molar-refractivity contribution in [1.82, 2.24) is 4.90 Å². The number of nitrogens with zero attached hydrogens (tertiary/aromatic N) is 1. The first-order valence-electron chi connectivity index (χ1n) is 5.00. The highest BCUT2D eigenvalue weighted by molar-refractivity contribution is 5.68. The van der Waals surface area contributed by atoms with Crippen molar-refractivity contribution < 1.29 is 18.7 Å². The summed E-state index contributed by atoms with van der Waals surface area (Å²) < 4.78 is 23.2. The minimum Gasteiger partial charge on any atom is -0.444 e. The van der Waals surface area contributed by atoms with E-state index in [1.54, 1.807) is 20.8 Å². The monoisotopic (exact) mass is 219 g/mol. The molecule has 0 bridgehead atoms. The Labute approximate surface area is 89.3 Å². The Kier molecular flexibility index (Phi) is 3.54. The molecule has 1 saturated heterocycles. The molecule has 5 heteroatoms. The first-order valence-corrected chi connectivity index (χ1v) is 5.00. The largest absolute Gasteiger partial charge is 0.444 e. The Hall–Kier alpha value is -0.840. The Morgan fingerprint density at radius 1 is 1.47 bits per heavy atom. The number of amides is 1. The van der Waals surface area contributed by atoms with Gasteiger partial charge in [0.05, 0.1) is 6.54 Å². The second kappa shape index (κ2) is 4.35. The molecule has 1 aliphatic heterocycles. The molecule has 15 heavy (non-hydrogen) atoms. The van der Waals surface area contributed by atoms with Gasteiger partial charge in [-0.15, -0.1) is 0 Å². The molecule has 1 fully saturated rings. The lowest BCUT2D eigenvalue weighted by Gasteiger charge is -2.27. The van der Waals surface area contributed by atoms with Gasteiger partial charge in [-0.3, -0.25) is 4.90 Å². The predicted octanol–water partition coefficient (Wildman–Crippen LogP) is 1.94. The summed E-state index contributed by atoms with van der Waals surface area (Å²) in [4.78, 5) is 12.9. The van der Waals surface area contributed by atoms with Crippen LogP contribution in [0.4, 0.5) is 9.18 Å². The maximum absolute atomic E-state index is 13.1. The zero-order chi connectivity index (χ0) is 11.6. The van der Waals surface area contributed by atoms with E-state index in [2.05, 4.69) is 0 Å². The van der Waals surface area contributed by atoms with Crippen molar-refractivity contribution in [3.63, 3.8) is 0 Å². The number of likely N-dealkylation sites (tertiary alicyclic amines) is 1. The standard InChI is InChI=1S/C10H18FNO3/c1-10(2,3)15-9(13)12-6-7(11)5-8(12)14-4/h7-8H,5-6H2,1-4H3/t7-,8-/m1/s1. The van der Waals surface area contributed by atoms with Gasteiger partial charge >= 0.3 is 6.09 Å². The van der Waals surface area contributed by atoms with Gasteiger partial charge in [-0.1, -0.05) is 0 Å². The second-order valence-corrected chi connectivity index (χ2v) is 4.66. The van der Waals surface area contributed by atoms with Gasteiger partial charge in [0, 0.05) is 13.5 Å². The molecular weight excluding hydrogens is 201 g/mol. The Morgan fingerprint density at radius 2 is 2.07 bits per heavy atom. The zero-order valence-corrected chi connectivity index (χ0v) is 9.62. The minimum absolute atomic E-state index is 0.0490. The van der Waals surface area contributed by atoms with Crippen LogP contribution in [0, 0.1) is 0 Å². The van der Waals surface area contributed by atoms with E-state index >= 15 is 0 Å². The highest BCUT2D eigenvalue weighted by Gasteiger charge is 2.37. The number of rotatable bonds is 1. The molecule has 1 heterocycles. The molecule has 4 nitrogen and oxygen atoms in total. The summed E-state index contributed by atoms with van der Waals surface area (Å²) in [6.45, 7) is 5.37. The van der Waals surface area contributed by atoms with E-state index in [-0.39, 0.29) is 13.0 Å². The predicted molar refractivity (Wildman–Crippen MR) is 53.3 cm³/mol. The van der Waals surface area contributed by atoms with Crippen LogP contribution in [-0.2, 0) is 9.47 Å². The van der Waals surface area contributed by atoms with Crippen molar-refractivity contribution >= 4 is 6.09 Å². The van der Waals surface area contributed by atoms with E-state index in [0.717, 1.165) is 0 Å². The van der Waals surface area contributed by atoms with Gasteiger partial charge in [-0.2, -0.15) is 0 Å². The first kappa shape index (κ1) is 12.2. The number of carbonyl (C=O) groups excluding carboxylic acids is 1. The summed E-state index contributed by atoms with van der Waals surface area (Å²) >= 11 is 0. The normalized spacial score (nSPS) is 26.9. The fourth-order valence-electron chi connectivity index (χ4n) is 1.49. The summed E-state index contributed by atoms with van der Waals surface area (Å²) in [6.07, 6.45) is -1.83.